The van der Waals surface area contributed by atoms with E-state index in [2.05, 4.69) is 22.1 Å². The Morgan fingerprint density at radius 3 is 2.75 bits per heavy atom. The van der Waals surface area contributed by atoms with Gasteiger partial charge in [0.05, 0.1) is 16.5 Å². The lowest BCUT2D eigenvalue weighted by atomic mass is 10.0. The summed E-state index contributed by atoms with van der Waals surface area (Å²) in [5.74, 6) is -0.135. The minimum absolute atomic E-state index is 0.134. The SMILES string of the molecule is CC1CNCCN1c1nccc2c1c(-c1ccccc1F)cn2-c1cc(C(=O)O)ccn1. The summed E-state index contributed by atoms with van der Waals surface area (Å²) in [5.41, 5.74) is 2.07. The predicted molar refractivity (Wildman–Crippen MR) is 121 cm³/mol. The van der Waals surface area contributed by atoms with E-state index in [4.69, 9.17) is 4.98 Å². The normalized spacial score (nSPS) is 16.4. The average Bonchev–Trinajstić information content (AvgIpc) is 3.20. The number of carboxylic acid groups (broad SMARTS) is 1. The molecule has 32 heavy (non-hydrogen) atoms. The van der Waals surface area contributed by atoms with Gasteiger partial charge in [0.25, 0.3) is 0 Å². The number of hydrogen-bond acceptors (Lipinski definition) is 5. The Bertz CT molecular complexity index is 1320. The second kappa shape index (κ2) is 8.05. The smallest absolute Gasteiger partial charge is 0.335 e. The summed E-state index contributed by atoms with van der Waals surface area (Å²) in [5, 5.41) is 13.6. The molecule has 162 valence electrons. The van der Waals surface area contributed by atoms with Gasteiger partial charge in [-0.1, -0.05) is 18.2 Å². The number of nitrogens with one attached hydrogen (secondary N) is 1. The highest BCUT2D eigenvalue weighted by molar-refractivity contribution is 6.04. The number of carbonyl (C=O) groups is 1. The highest BCUT2D eigenvalue weighted by atomic mass is 19.1. The molecule has 0 aliphatic carbocycles. The molecule has 1 saturated heterocycles. The number of pyridine rings is 2. The highest BCUT2D eigenvalue weighted by Gasteiger charge is 2.25. The summed E-state index contributed by atoms with van der Waals surface area (Å²) in [6.45, 7) is 4.57. The van der Waals surface area contributed by atoms with Crippen molar-refractivity contribution < 1.29 is 14.3 Å². The first-order valence-electron chi connectivity index (χ1n) is 10.5. The van der Waals surface area contributed by atoms with Crippen molar-refractivity contribution in [1.29, 1.82) is 0 Å². The first-order chi connectivity index (χ1) is 15.5. The number of nitrogens with zero attached hydrogens (tertiary/aromatic N) is 4. The number of aromatic nitrogens is 3. The third-order valence-electron chi connectivity index (χ3n) is 5.87. The van der Waals surface area contributed by atoms with E-state index >= 15 is 0 Å². The van der Waals surface area contributed by atoms with Crippen molar-refractivity contribution in [3.63, 3.8) is 0 Å². The van der Waals surface area contributed by atoms with Gasteiger partial charge in [0.2, 0.25) is 0 Å². The molecule has 1 unspecified atom stereocenters. The summed E-state index contributed by atoms with van der Waals surface area (Å²) in [6.07, 6.45) is 5.01. The molecule has 0 spiro atoms. The molecule has 7 nitrogen and oxygen atoms in total. The zero-order valence-corrected chi connectivity index (χ0v) is 17.5. The molecular formula is C24H22FN5O2. The molecule has 8 heteroatoms. The third-order valence-corrected chi connectivity index (χ3v) is 5.87. The van der Waals surface area contributed by atoms with Crippen molar-refractivity contribution in [3.05, 3.63) is 72.4 Å². The van der Waals surface area contributed by atoms with Gasteiger partial charge in [-0.3, -0.25) is 0 Å². The lowest BCUT2D eigenvalue weighted by Gasteiger charge is -2.35. The summed E-state index contributed by atoms with van der Waals surface area (Å²) in [4.78, 5) is 22.8. The summed E-state index contributed by atoms with van der Waals surface area (Å²) < 4.78 is 16.7. The maximum absolute atomic E-state index is 14.9. The Morgan fingerprint density at radius 2 is 1.97 bits per heavy atom. The number of halogens is 1. The van der Waals surface area contributed by atoms with Crippen molar-refractivity contribution >= 4 is 22.7 Å². The van der Waals surface area contributed by atoms with Crippen molar-refractivity contribution in [2.45, 2.75) is 13.0 Å². The molecule has 1 aliphatic heterocycles. The standard InChI is InChI=1S/C24H22FN5O2/c1-15-13-26-10-11-29(15)23-22-18(17-4-2-3-5-19(17)25)14-30(20(22)7-9-28-23)21-12-16(24(31)32)6-8-27-21/h2-9,12,14-15,26H,10-11,13H2,1H3,(H,31,32). The van der Waals surface area contributed by atoms with Crippen LogP contribution in [0.1, 0.15) is 17.3 Å². The van der Waals surface area contributed by atoms with Crippen molar-refractivity contribution in [1.82, 2.24) is 19.9 Å². The van der Waals surface area contributed by atoms with E-state index in [1.165, 1.54) is 24.4 Å². The molecule has 1 atom stereocenters. The zero-order valence-electron chi connectivity index (χ0n) is 17.5. The van der Waals surface area contributed by atoms with Crippen LogP contribution in [0.2, 0.25) is 0 Å². The van der Waals surface area contributed by atoms with Crippen LogP contribution in [0.5, 0.6) is 0 Å². The van der Waals surface area contributed by atoms with E-state index in [1.807, 2.05) is 16.8 Å². The molecular weight excluding hydrogens is 409 g/mol. The molecule has 3 aromatic heterocycles. The van der Waals surface area contributed by atoms with E-state index in [1.54, 1.807) is 24.4 Å². The van der Waals surface area contributed by atoms with E-state index in [0.717, 1.165) is 36.4 Å². The molecule has 4 aromatic rings. The van der Waals surface area contributed by atoms with Crippen molar-refractivity contribution in [2.75, 3.05) is 24.5 Å². The van der Waals surface area contributed by atoms with Gasteiger partial charge >= 0.3 is 5.97 Å². The Balaban J connectivity index is 1.80. The molecule has 2 N–H and O–H groups in total. The molecule has 0 radical (unpaired) electrons. The van der Waals surface area contributed by atoms with Crippen LogP contribution in [0.4, 0.5) is 10.2 Å². The van der Waals surface area contributed by atoms with E-state index < -0.39 is 5.97 Å². The van der Waals surface area contributed by atoms with Crippen LogP contribution >= 0.6 is 0 Å². The first-order valence-corrected chi connectivity index (χ1v) is 10.5. The van der Waals surface area contributed by atoms with Gasteiger partial charge in [-0.15, -0.1) is 0 Å². The van der Waals surface area contributed by atoms with Crippen LogP contribution in [0.15, 0.2) is 61.1 Å². The fourth-order valence-electron chi connectivity index (χ4n) is 4.29. The highest BCUT2D eigenvalue weighted by Crippen LogP contribution is 2.39. The van der Waals surface area contributed by atoms with Gasteiger partial charge < -0.3 is 19.9 Å². The Hall–Kier alpha value is -3.78. The van der Waals surface area contributed by atoms with E-state index in [0.29, 0.717) is 16.9 Å². The number of hydrogen-bond donors (Lipinski definition) is 2. The lowest BCUT2D eigenvalue weighted by molar-refractivity contribution is 0.0696. The van der Waals surface area contributed by atoms with Gasteiger partial charge in [-0.05, 0) is 31.2 Å². The van der Waals surface area contributed by atoms with Crippen molar-refractivity contribution in [2.24, 2.45) is 0 Å². The summed E-state index contributed by atoms with van der Waals surface area (Å²) in [7, 11) is 0. The number of carboxylic acids is 1. The molecule has 1 aliphatic rings. The average molecular weight is 431 g/mol. The molecule has 1 fully saturated rings. The Morgan fingerprint density at radius 1 is 1.16 bits per heavy atom. The predicted octanol–water partition coefficient (Wildman–Crippen LogP) is 3.72. The monoisotopic (exact) mass is 431 g/mol. The van der Waals surface area contributed by atoms with Crippen LogP contribution < -0.4 is 10.2 Å². The zero-order chi connectivity index (χ0) is 22.2. The largest absolute Gasteiger partial charge is 0.478 e. The van der Waals surface area contributed by atoms with Gasteiger partial charge in [0.15, 0.2) is 0 Å². The van der Waals surface area contributed by atoms with Gasteiger partial charge in [-0.25, -0.2) is 19.2 Å². The number of benzene rings is 1. The number of rotatable bonds is 4. The summed E-state index contributed by atoms with van der Waals surface area (Å²) >= 11 is 0. The maximum atomic E-state index is 14.9. The van der Waals surface area contributed by atoms with Gasteiger partial charge in [-0.2, -0.15) is 0 Å². The van der Waals surface area contributed by atoms with Crippen LogP contribution in [-0.4, -0.2) is 51.3 Å². The lowest BCUT2D eigenvalue weighted by Crippen LogP contribution is -2.50. The van der Waals surface area contributed by atoms with E-state index in [-0.39, 0.29) is 17.4 Å². The molecule has 1 aromatic carbocycles. The molecule has 5 rings (SSSR count). The minimum Gasteiger partial charge on any atom is -0.478 e. The molecule has 0 bridgehead atoms. The second-order valence-corrected chi connectivity index (χ2v) is 7.88. The Labute approximate surface area is 184 Å². The van der Waals surface area contributed by atoms with Crippen molar-refractivity contribution in [3.8, 4) is 16.9 Å². The fraction of sp³-hybridized carbons (Fsp3) is 0.208. The van der Waals surface area contributed by atoms with Crippen LogP contribution in [0.3, 0.4) is 0 Å². The third kappa shape index (κ3) is 3.38. The van der Waals surface area contributed by atoms with Crippen LogP contribution in [-0.2, 0) is 0 Å². The number of aromatic carboxylic acids is 1. The van der Waals surface area contributed by atoms with E-state index in [9.17, 15) is 14.3 Å². The Kier molecular flexibility index (Phi) is 5.07. The summed E-state index contributed by atoms with van der Waals surface area (Å²) in [6, 6.07) is 11.7. The topological polar surface area (TPSA) is 83.3 Å². The number of anilines is 1. The van der Waals surface area contributed by atoms with Gasteiger partial charge in [0.1, 0.15) is 17.5 Å². The fourth-order valence-corrected chi connectivity index (χ4v) is 4.29. The van der Waals surface area contributed by atoms with Crippen LogP contribution in [0.25, 0.3) is 27.8 Å². The minimum atomic E-state index is -1.03. The van der Waals surface area contributed by atoms with Gasteiger partial charge in [0, 0.05) is 55.4 Å². The first kappa shape index (κ1) is 20.1. The molecule has 4 heterocycles. The second-order valence-electron chi connectivity index (χ2n) is 7.88. The number of fused-ring (bicyclic) bond motifs is 1. The maximum Gasteiger partial charge on any atom is 0.335 e. The molecule has 0 amide bonds. The quantitative estimate of drug-likeness (QED) is 0.512. The molecule has 0 saturated carbocycles. The number of piperazine rings is 1. The van der Waals surface area contributed by atoms with Crippen LogP contribution in [0, 0.1) is 5.82 Å².